The molecule has 7 nitrogen and oxygen atoms in total. The van der Waals surface area contributed by atoms with Crippen LogP contribution in [0.25, 0.3) is 0 Å². The summed E-state index contributed by atoms with van der Waals surface area (Å²) in [6, 6.07) is 0. The lowest BCUT2D eigenvalue weighted by Crippen LogP contribution is -2.26. The second kappa shape index (κ2) is 5.40. The summed E-state index contributed by atoms with van der Waals surface area (Å²) in [6.45, 7) is 4.54. The number of nitrogens with zero attached hydrogens (tertiary/aromatic N) is 2. The van der Waals surface area contributed by atoms with Crippen LogP contribution < -0.4 is 5.32 Å². The van der Waals surface area contributed by atoms with Gasteiger partial charge >= 0.3 is 5.69 Å². The number of anilines is 1. The summed E-state index contributed by atoms with van der Waals surface area (Å²) in [7, 11) is 0. The van der Waals surface area contributed by atoms with E-state index in [-0.39, 0.29) is 11.8 Å². The minimum Gasteiger partial charge on any atom is -0.376 e. The number of hydrogen-bond donors (Lipinski definition) is 1. The van der Waals surface area contributed by atoms with E-state index in [1.54, 1.807) is 0 Å². The molecule has 1 N–H and O–H groups in total. The molecule has 1 aromatic heterocycles. The highest BCUT2D eigenvalue weighted by Crippen LogP contribution is 2.31. The predicted octanol–water partition coefficient (Wildman–Crippen LogP) is 2.32. The SMILES string of the molecule is CC1(C)OCC(CNc2c(Br)cncc2[N+](=O)[O-])O1. The van der Waals surface area contributed by atoms with E-state index in [4.69, 9.17) is 9.47 Å². The lowest BCUT2D eigenvalue weighted by molar-refractivity contribution is -0.384. The van der Waals surface area contributed by atoms with Gasteiger partial charge in [0.15, 0.2) is 5.79 Å². The molecule has 1 atom stereocenters. The summed E-state index contributed by atoms with van der Waals surface area (Å²) in [6.07, 6.45) is 2.57. The third kappa shape index (κ3) is 3.40. The standard InChI is InChI=1S/C11H14BrN3O4/c1-11(2)18-6-7(19-11)3-14-10-8(12)4-13-5-9(10)15(16)17/h4-5,7H,3,6H2,1-2H3,(H,13,14). The zero-order valence-electron chi connectivity index (χ0n) is 10.6. The Morgan fingerprint density at radius 1 is 1.63 bits per heavy atom. The monoisotopic (exact) mass is 331 g/mol. The maximum atomic E-state index is 10.9. The zero-order valence-corrected chi connectivity index (χ0v) is 12.1. The molecule has 104 valence electrons. The van der Waals surface area contributed by atoms with Crippen LogP contribution in [-0.4, -0.2) is 35.0 Å². The van der Waals surface area contributed by atoms with Crippen molar-refractivity contribution in [1.82, 2.24) is 4.98 Å². The van der Waals surface area contributed by atoms with Crippen LogP contribution in [0.4, 0.5) is 11.4 Å². The van der Waals surface area contributed by atoms with Crippen molar-refractivity contribution in [3.8, 4) is 0 Å². The topological polar surface area (TPSA) is 86.5 Å². The van der Waals surface area contributed by atoms with Gasteiger partial charge < -0.3 is 14.8 Å². The van der Waals surface area contributed by atoms with Crippen molar-refractivity contribution >= 4 is 27.3 Å². The molecule has 0 spiro atoms. The lowest BCUT2D eigenvalue weighted by Gasteiger charge is -2.17. The molecule has 0 aromatic carbocycles. The summed E-state index contributed by atoms with van der Waals surface area (Å²) in [5.74, 6) is -0.603. The summed E-state index contributed by atoms with van der Waals surface area (Å²) in [4.78, 5) is 14.2. The third-order valence-electron chi connectivity index (χ3n) is 2.65. The van der Waals surface area contributed by atoms with Crippen LogP contribution >= 0.6 is 15.9 Å². The average Bonchev–Trinajstić information content (AvgIpc) is 2.67. The van der Waals surface area contributed by atoms with E-state index in [2.05, 4.69) is 26.2 Å². The molecule has 2 rings (SSSR count). The number of pyridine rings is 1. The fraction of sp³-hybridized carbons (Fsp3) is 0.545. The van der Waals surface area contributed by atoms with Crippen molar-refractivity contribution in [3.63, 3.8) is 0 Å². The van der Waals surface area contributed by atoms with Crippen LogP contribution in [0.15, 0.2) is 16.9 Å². The first kappa shape index (κ1) is 14.2. The van der Waals surface area contributed by atoms with Gasteiger partial charge in [0.25, 0.3) is 0 Å². The van der Waals surface area contributed by atoms with Gasteiger partial charge in [0.05, 0.1) is 16.0 Å². The molecular weight excluding hydrogens is 318 g/mol. The van der Waals surface area contributed by atoms with E-state index < -0.39 is 10.7 Å². The molecule has 0 aliphatic carbocycles. The number of nitrogens with one attached hydrogen (secondary N) is 1. The van der Waals surface area contributed by atoms with E-state index >= 15 is 0 Å². The van der Waals surface area contributed by atoms with Gasteiger partial charge in [-0.3, -0.25) is 15.1 Å². The minimum absolute atomic E-state index is 0.0763. The van der Waals surface area contributed by atoms with Gasteiger partial charge in [-0.25, -0.2) is 0 Å². The maximum absolute atomic E-state index is 10.9. The molecule has 8 heteroatoms. The molecule has 0 saturated carbocycles. The molecule has 19 heavy (non-hydrogen) atoms. The summed E-state index contributed by atoms with van der Waals surface area (Å²) in [5.41, 5.74) is 0.320. The van der Waals surface area contributed by atoms with Crippen LogP contribution in [0.3, 0.4) is 0 Å². The van der Waals surface area contributed by atoms with Crippen LogP contribution in [0.2, 0.25) is 0 Å². The highest BCUT2D eigenvalue weighted by atomic mass is 79.9. The van der Waals surface area contributed by atoms with Crippen LogP contribution in [-0.2, 0) is 9.47 Å². The molecule has 0 radical (unpaired) electrons. The van der Waals surface area contributed by atoms with Crippen molar-refractivity contribution in [2.24, 2.45) is 0 Å². The third-order valence-corrected chi connectivity index (χ3v) is 3.25. The lowest BCUT2D eigenvalue weighted by atomic mass is 10.3. The Balaban J connectivity index is 2.06. The van der Waals surface area contributed by atoms with E-state index in [9.17, 15) is 10.1 Å². The molecule has 1 unspecified atom stereocenters. The molecule has 1 aliphatic heterocycles. The maximum Gasteiger partial charge on any atom is 0.311 e. The molecule has 0 amide bonds. The quantitative estimate of drug-likeness (QED) is 0.673. The Morgan fingerprint density at radius 3 is 2.95 bits per heavy atom. The number of aromatic nitrogens is 1. The first-order chi connectivity index (χ1) is 8.89. The fourth-order valence-corrected chi connectivity index (χ4v) is 2.28. The first-order valence-corrected chi connectivity index (χ1v) is 6.52. The number of ether oxygens (including phenoxy) is 2. The number of nitro groups is 1. The van der Waals surface area contributed by atoms with Gasteiger partial charge in [0.2, 0.25) is 0 Å². The van der Waals surface area contributed by atoms with E-state index in [0.717, 1.165) is 0 Å². The van der Waals surface area contributed by atoms with E-state index in [0.29, 0.717) is 23.3 Å². The normalized spacial score (nSPS) is 21.3. The highest BCUT2D eigenvalue weighted by molar-refractivity contribution is 9.10. The van der Waals surface area contributed by atoms with Gasteiger partial charge in [-0.1, -0.05) is 0 Å². The van der Waals surface area contributed by atoms with Crippen molar-refractivity contribution in [2.75, 3.05) is 18.5 Å². The van der Waals surface area contributed by atoms with Crippen LogP contribution in [0.1, 0.15) is 13.8 Å². The predicted molar refractivity (Wildman–Crippen MR) is 72.0 cm³/mol. The largest absolute Gasteiger partial charge is 0.376 e. The smallest absolute Gasteiger partial charge is 0.311 e. The summed E-state index contributed by atoms with van der Waals surface area (Å²) < 4.78 is 11.6. The molecule has 1 fully saturated rings. The van der Waals surface area contributed by atoms with Crippen molar-refractivity contribution in [1.29, 1.82) is 0 Å². The first-order valence-electron chi connectivity index (χ1n) is 5.72. The van der Waals surface area contributed by atoms with Crippen molar-refractivity contribution < 1.29 is 14.4 Å². The van der Waals surface area contributed by atoms with E-state index in [1.807, 2.05) is 13.8 Å². The molecule has 1 aromatic rings. The van der Waals surface area contributed by atoms with Crippen LogP contribution in [0.5, 0.6) is 0 Å². The van der Waals surface area contributed by atoms with E-state index in [1.165, 1.54) is 12.4 Å². The Hall–Kier alpha value is -1.25. The molecular formula is C11H14BrN3O4. The minimum atomic E-state index is -0.603. The molecule has 1 aliphatic rings. The highest BCUT2D eigenvalue weighted by Gasteiger charge is 2.32. The second-order valence-corrected chi connectivity index (χ2v) is 5.46. The Labute approximate surface area is 118 Å². The number of halogens is 1. The van der Waals surface area contributed by atoms with Gasteiger partial charge in [0.1, 0.15) is 18.0 Å². The van der Waals surface area contributed by atoms with Gasteiger partial charge in [-0.15, -0.1) is 0 Å². The summed E-state index contributed by atoms with van der Waals surface area (Å²) in [5, 5.41) is 13.9. The van der Waals surface area contributed by atoms with Crippen molar-refractivity contribution in [3.05, 3.63) is 27.0 Å². The molecule has 1 saturated heterocycles. The zero-order chi connectivity index (χ0) is 14.0. The average molecular weight is 332 g/mol. The van der Waals surface area contributed by atoms with Gasteiger partial charge in [-0.05, 0) is 29.8 Å². The fourth-order valence-electron chi connectivity index (χ4n) is 1.82. The Kier molecular flexibility index (Phi) is 4.02. The molecule has 2 heterocycles. The van der Waals surface area contributed by atoms with Crippen molar-refractivity contribution in [2.45, 2.75) is 25.7 Å². The van der Waals surface area contributed by atoms with Gasteiger partial charge in [-0.2, -0.15) is 0 Å². The second-order valence-electron chi connectivity index (χ2n) is 4.60. The Bertz CT molecular complexity index is 495. The van der Waals surface area contributed by atoms with Crippen LogP contribution in [0, 0.1) is 10.1 Å². The molecule has 0 bridgehead atoms. The number of rotatable bonds is 4. The number of hydrogen-bond acceptors (Lipinski definition) is 6. The summed E-state index contributed by atoms with van der Waals surface area (Å²) >= 11 is 3.25. The Morgan fingerprint density at radius 2 is 2.37 bits per heavy atom. The van der Waals surface area contributed by atoms with Gasteiger partial charge in [0, 0.05) is 12.7 Å².